The van der Waals surface area contributed by atoms with Gasteiger partial charge in [0.25, 0.3) is 0 Å². The van der Waals surface area contributed by atoms with Crippen molar-refractivity contribution >= 4 is 21.5 Å². The molecule has 11 rings (SSSR count). The molecule has 7 aromatic rings. The van der Waals surface area contributed by atoms with Crippen molar-refractivity contribution in [1.29, 1.82) is 0 Å². The largest absolute Gasteiger partial charge is 0.0619 e. The highest BCUT2D eigenvalue weighted by Gasteiger charge is 2.41. The van der Waals surface area contributed by atoms with Crippen LogP contribution >= 0.6 is 0 Å². The summed E-state index contributed by atoms with van der Waals surface area (Å²) in [6, 6.07) is 42.1. The van der Waals surface area contributed by atoms with Crippen LogP contribution in [-0.4, -0.2) is 0 Å². The van der Waals surface area contributed by atoms with Crippen LogP contribution in [0, 0.1) is 0 Å². The maximum absolute atomic E-state index is 2.47. The van der Waals surface area contributed by atoms with E-state index >= 15 is 0 Å². The highest BCUT2D eigenvalue weighted by atomic mass is 14.4. The Kier molecular flexibility index (Phi) is 5.04. The Bertz CT molecular complexity index is 2420. The Balaban J connectivity index is 1.32. The van der Waals surface area contributed by atoms with E-state index in [1.54, 1.807) is 22.3 Å². The van der Waals surface area contributed by atoms with Crippen LogP contribution in [0.1, 0.15) is 72.2 Å². The predicted octanol–water partition coefficient (Wildman–Crippen LogP) is 12.1. The summed E-state index contributed by atoms with van der Waals surface area (Å²) in [6.45, 7) is 9.86. The van der Waals surface area contributed by atoms with Crippen molar-refractivity contribution in [3.8, 4) is 44.5 Å². The minimum Gasteiger partial charge on any atom is -0.0619 e. The first-order valence-corrected chi connectivity index (χ1v) is 17.8. The van der Waals surface area contributed by atoms with Crippen molar-refractivity contribution in [2.24, 2.45) is 0 Å². The van der Waals surface area contributed by atoms with Crippen LogP contribution in [0.25, 0.3) is 66.1 Å². The molecule has 4 aliphatic carbocycles. The van der Waals surface area contributed by atoms with Crippen molar-refractivity contribution in [1.82, 2.24) is 0 Å². The van der Waals surface area contributed by atoms with Gasteiger partial charge in [0.1, 0.15) is 0 Å². The Morgan fingerprint density at radius 3 is 1.19 bits per heavy atom. The van der Waals surface area contributed by atoms with Crippen molar-refractivity contribution in [2.45, 2.75) is 64.2 Å². The zero-order chi connectivity index (χ0) is 32.1. The molecule has 0 heteroatoms. The number of hydrogen-bond acceptors (Lipinski definition) is 0. The molecule has 0 spiro atoms. The molecule has 0 nitrogen and oxygen atoms in total. The van der Waals surface area contributed by atoms with E-state index in [4.69, 9.17) is 0 Å². The van der Waals surface area contributed by atoms with Crippen molar-refractivity contribution in [3.05, 3.63) is 154 Å². The van der Waals surface area contributed by atoms with Crippen molar-refractivity contribution in [2.75, 3.05) is 0 Å². The van der Waals surface area contributed by atoms with Gasteiger partial charge in [-0.05, 0) is 147 Å². The fourth-order valence-corrected chi connectivity index (χ4v) is 10.9. The van der Waals surface area contributed by atoms with Gasteiger partial charge in [-0.15, -0.1) is 0 Å². The summed E-state index contributed by atoms with van der Waals surface area (Å²) in [4.78, 5) is 0. The third-order valence-electron chi connectivity index (χ3n) is 12.4. The Morgan fingerprint density at radius 1 is 0.375 bits per heavy atom. The van der Waals surface area contributed by atoms with E-state index in [1.807, 2.05) is 0 Å². The van der Waals surface area contributed by atoms with Crippen LogP contribution in [0.15, 0.2) is 109 Å². The predicted molar refractivity (Wildman–Crippen MR) is 202 cm³/mol. The maximum Gasteiger partial charge on any atom is -0.00101 e. The molecule has 230 valence electrons. The smallest absolute Gasteiger partial charge is 0.00101 e. The minimum atomic E-state index is 0.112. The fourth-order valence-electron chi connectivity index (χ4n) is 10.9. The molecular formula is C48H38. The first-order chi connectivity index (χ1) is 23.3. The molecule has 0 radical (unpaired) electrons. The molecule has 0 fully saturated rings. The zero-order valence-corrected chi connectivity index (χ0v) is 28.2. The molecule has 48 heavy (non-hydrogen) atoms. The van der Waals surface area contributed by atoms with E-state index in [0.717, 1.165) is 25.7 Å². The van der Waals surface area contributed by atoms with Gasteiger partial charge in [0.2, 0.25) is 0 Å². The highest BCUT2D eigenvalue weighted by molar-refractivity contribution is 6.17. The number of rotatable bonds is 2. The molecule has 0 N–H and O–H groups in total. The van der Waals surface area contributed by atoms with Gasteiger partial charge >= 0.3 is 0 Å². The Labute approximate surface area is 283 Å². The molecule has 0 saturated heterocycles. The number of hydrogen-bond donors (Lipinski definition) is 0. The molecule has 4 aliphatic rings. The summed E-state index contributed by atoms with van der Waals surface area (Å²) >= 11 is 0. The second kappa shape index (κ2) is 8.94. The van der Waals surface area contributed by atoms with E-state index in [-0.39, 0.29) is 10.8 Å². The van der Waals surface area contributed by atoms with Crippen molar-refractivity contribution < 1.29 is 0 Å². The number of benzene rings is 7. The van der Waals surface area contributed by atoms with Gasteiger partial charge in [-0.1, -0.05) is 137 Å². The first-order valence-electron chi connectivity index (χ1n) is 17.8. The van der Waals surface area contributed by atoms with Gasteiger partial charge in [0.15, 0.2) is 0 Å². The van der Waals surface area contributed by atoms with Gasteiger partial charge in [-0.25, -0.2) is 0 Å². The average Bonchev–Trinajstić information content (AvgIpc) is 3.79. The van der Waals surface area contributed by atoms with Crippen molar-refractivity contribution in [3.63, 3.8) is 0 Å². The molecule has 0 heterocycles. The summed E-state index contributed by atoms with van der Waals surface area (Å²) in [5, 5.41) is 5.85. The van der Waals surface area contributed by atoms with Gasteiger partial charge in [-0.2, -0.15) is 0 Å². The van der Waals surface area contributed by atoms with E-state index in [9.17, 15) is 0 Å². The van der Waals surface area contributed by atoms with E-state index in [0.29, 0.717) is 0 Å². The normalized spacial score (nSPS) is 16.8. The van der Waals surface area contributed by atoms with E-state index < -0.39 is 0 Å². The molecule has 0 unspecified atom stereocenters. The van der Waals surface area contributed by atoms with Gasteiger partial charge in [0.05, 0.1) is 0 Å². The zero-order valence-electron chi connectivity index (χ0n) is 28.2. The Hall–Kier alpha value is -4.94. The SMILES string of the molecule is CC1(C)Cc2cccc3c(-c4ccccc4-c4c5c(c6c7c(cccc47)CC6(C)C)Cc4ccccc4-5)c4c(c1c23)Cc1ccccc1-4. The molecule has 0 amide bonds. The highest BCUT2D eigenvalue weighted by Crippen LogP contribution is 2.59. The van der Waals surface area contributed by atoms with Crippen LogP contribution in [0.2, 0.25) is 0 Å². The summed E-state index contributed by atoms with van der Waals surface area (Å²) in [5.41, 5.74) is 23.8. The monoisotopic (exact) mass is 614 g/mol. The topological polar surface area (TPSA) is 0 Å². The fraction of sp³-hybridized carbons (Fsp3) is 0.208. The molecule has 0 saturated carbocycles. The third-order valence-corrected chi connectivity index (χ3v) is 12.4. The minimum absolute atomic E-state index is 0.112. The lowest BCUT2D eigenvalue weighted by Crippen LogP contribution is -2.17. The Morgan fingerprint density at radius 2 is 0.750 bits per heavy atom. The summed E-state index contributed by atoms with van der Waals surface area (Å²) in [7, 11) is 0. The van der Waals surface area contributed by atoms with Crippen LogP contribution < -0.4 is 0 Å². The summed E-state index contributed by atoms with van der Waals surface area (Å²) in [6.07, 6.45) is 4.23. The van der Waals surface area contributed by atoms with Gasteiger partial charge < -0.3 is 0 Å². The molecule has 0 aromatic heterocycles. The average molecular weight is 615 g/mol. The van der Waals surface area contributed by atoms with E-state index in [2.05, 4.69) is 137 Å². The summed E-state index contributed by atoms with van der Waals surface area (Å²) < 4.78 is 0. The molecule has 0 bridgehead atoms. The van der Waals surface area contributed by atoms with Gasteiger partial charge in [0, 0.05) is 0 Å². The molecular weight excluding hydrogens is 577 g/mol. The lowest BCUT2D eigenvalue weighted by atomic mass is 9.76. The van der Waals surface area contributed by atoms with E-state index in [1.165, 1.54) is 88.3 Å². The number of fused-ring (bicyclic) bond motifs is 8. The van der Waals surface area contributed by atoms with Crippen LogP contribution in [0.3, 0.4) is 0 Å². The maximum atomic E-state index is 2.47. The second-order valence-corrected chi connectivity index (χ2v) is 16.2. The summed E-state index contributed by atoms with van der Waals surface area (Å²) in [5.74, 6) is 0. The van der Waals surface area contributed by atoms with Crippen LogP contribution in [-0.2, 0) is 36.5 Å². The van der Waals surface area contributed by atoms with Crippen LogP contribution in [0.4, 0.5) is 0 Å². The quantitative estimate of drug-likeness (QED) is 0.182. The lowest BCUT2D eigenvalue weighted by molar-refractivity contribution is 0.542. The van der Waals surface area contributed by atoms with Crippen LogP contribution in [0.5, 0.6) is 0 Å². The molecule has 7 aromatic carbocycles. The van der Waals surface area contributed by atoms with Gasteiger partial charge in [-0.3, -0.25) is 0 Å². The third kappa shape index (κ3) is 3.27. The first kappa shape index (κ1) is 27.1. The molecule has 0 atom stereocenters. The lowest BCUT2D eigenvalue weighted by Gasteiger charge is -2.27. The molecule has 0 aliphatic heterocycles. The standard InChI is InChI=1S/C48H38/c1-47(2)25-29-15-11-21-35-39(29)45(47)37-23-27-13-5-7-17-31(27)41(37)43(35)33-19-9-10-20-34(33)44-36-22-12-16-30-26-48(3,4)46(40(30)36)38-24-28-14-6-8-18-32(28)42(38)44/h5-22H,23-26H2,1-4H3. The second-order valence-electron chi connectivity index (χ2n) is 16.2.